The van der Waals surface area contributed by atoms with E-state index in [-0.39, 0.29) is 6.29 Å². The molecule has 1 saturated heterocycles. The van der Waals surface area contributed by atoms with Gasteiger partial charge in [0.05, 0.1) is 6.61 Å². The predicted octanol–water partition coefficient (Wildman–Crippen LogP) is 1.41. The van der Waals surface area contributed by atoms with Gasteiger partial charge in [-0.3, -0.25) is 0 Å². The summed E-state index contributed by atoms with van der Waals surface area (Å²) in [5, 5.41) is 0. The lowest BCUT2D eigenvalue weighted by Crippen LogP contribution is -2.09. The first-order valence-electron chi connectivity index (χ1n) is 3.56. The van der Waals surface area contributed by atoms with Crippen LogP contribution in [0.4, 0.5) is 0 Å². The molecule has 9 heavy (non-hydrogen) atoms. The normalized spacial score (nSPS) is 35.3. The molecule has 0 unspecified atom stereocenters. The standard InChI is InChI=1S/C7H14O2/c1-3-8-7-4-6(2)5-9-7/h6-7H,3-5H2,1-2H3/t6-,7-/m1/s1. The molecule has 54 valence electrons. The predicted molar refractivity (Wildman–Crippen MR) is 35.1 cm³/mol. The van der Waals surface area contributed by atoms with Gasteiger partial charge in [-0.15, -0.1) is 0 Å². The summed E-state index contributed by atoms with van der Waals surface area (Å²) in [6.45, 7) is 5.80. The Morgan fingerprint density at radius 2 is 2.44 bits per heavy atom. The highest BCUT2D eigenvalue weighted by Gasteiger charge is 2.21. The molecule has 1 aliphatic rings. The third-order valence-corrected chi connectivity index (χ3v) is 1.51. The summed E-state index contributed by atoms with van der Waals surface area (Å²) in [5.41, 5.74) is 0. The van der Waals surface area contributed by atoms with E-state index in [1.165, 1.54) is 0 Å². The smallest absolute Gasteiger partial charge is 0.157 e. The third kappa shape index (κ3) is 1.95. The third-order valence-electron chi connectivity index (χ3n) is 1.51. The van der Waals surface area contributed by atoms with E-state index in [0.29, 0.717) is 5.92 Å². The summed E-state index contributed by atoms with van der Waals surface area (Å²) in [5.74, 6) is 0.682. The van der Waals surface area contributed by atoms with Crippen LogP contribution >= 0.6 is 0 Å². The van der Waals surface area contributed by atoms with Crippen molar-refractivity contribution in [1.82, 2.24) is 0 Å². The Morgan fingerprint density at radius 3 is 2.89 bits per heavy atom. The SMILES string of the molecule is CCO[C@H]1C[C@@H](C)CO1. The van der Waals surface area contributed by atoms with Gasteiger partial charge in [0.25, 0.3) is 0 Å². The van der Waals surface area contributed by atoms with Gasteiger partial charge in [-0.1, -0.05) is 6.92 Å². The Balaban J connectivity index is 2.14. The second-order valence-electron chi connectivity index (χ2n) is 2.56. The van der Waals surface area contributed by atoms with Crippen molar-refractivity contribution >= 4 is 0 Å². The Kier molecular flexibility index (Phi) is 2.49. The Morgan fingerprint density at radius 1 is 1.67 bits per heavy atom. The summed E-state index contributed by atoms with van der Waals surface area (Å²) in [6, 6.07) is 0. The molecule has 0 aromatic carbocycles. The van der Waals surface area contributed by atoms with Gasteiger partial charge < -0.3 is 9.47 Å². The van der Waals surface area contributed by atoms with E-state index >= 15 is 0 Å². The van der Waals surface area contributed by atoms with Crippen molar-refractivity contribution in [3.05, 3.63) is 0 Å². The zero-order chi connectivity index (χ0) is 6.69. The number of hydrogen-bond acceptors (Lipinski definition) is 2. The van der Waals surface area contributed by atoms with Crippen LogP contribution in [0.25, 0.3) is 0 Å². The quantitative estimate of drug-likeness (QED) is 0.562. The molecule has 0 aromatic rings. The molecule has 0 aromatic heterocycles. The number of rotatable bonds is 2. The van der Waals surface area contributed by atoms with Gasteiger partial charge >= 0.3 is 0 Å². The highest BCUT2D eigenvalue weighted by molar-refractivity contribution is 4.62. The van der Waals surface area contributed by atoms with Crippen LogP contribution in [0.1, 0.15) is 20.3 Å². The van der Waals surface area contributed by atoms with Crippen LogP contribution in [0.5, 0.6) is 0 Å². The van der Waals surface area contributed by atoms with Crippen LogP contribution in [0.3, 0.4) is 0 Å². The van der Waals surface area contributed by atoms with Crippen LogP contribution < -0.4 is 0 Å². The molecule has 0 aliphatic carbocycles. The van der Waals surface area contributed by atoms with Crippen molar-refractivity contribution in [2.24, 2.45) is 5.92 Å². The number of ether oxygens (including phenoxy) is 2. The molecule has 0 saturated carbocycles. The molecule has 0 spiro atoms. The molecule has 2 heteroatoms. The summed E-state index contributed by atoms with van der Waals surface area (Å²) in [6.07, 6.45) is 1.15. The highest BCUT2D eigenvalue weighted by Crippen LogP contribution is 2.18. The van der Waals surface area contributed by atoms with Crippen LogP contribution in [0, 0.1) is 5.92 Å². The molecule has 0 amide bonds. The molecule has 2 nitrogen and oxygen atoms in total. The summed E-state index contributed by atoms with van der Waals surface area (Å²) in [4.78, 5) is 0. The van der Waals surface area contributed by atoms with Crippen molar-refractivity contribution in [1.29, 1.82) is 0 Å². The van der Waals surface area contributed by atoms with Crippen molar-refractivity contribution in [3.63, 3.8) is 0 Å². The average molecular weight is 130 g/mol. The minimum absolute atomic E-state index is 0.0880. The zero-order valence-electron chi connectivity index (χ0n) is 6.09. The summed E-state index contributed by atoms with van der Waals surface area (Å²) in [7, 11) is 0. The zero-order valence-corrected chi connectivity index (χ0v) is 6.09. The van der Waals surface area contributed by atoms with Gasteiger partial charge in [-0.2, -0.15) is 0 Å². The van der Waals surface area contributed by atoms with Gasteiger partial charge in [0.15, 0.2) is 6.29 Å². The molecule has 1 rings (SSSR count). The van der Waals surface area contributed by atoms with E-state index < -0.39 is 0 Å². The van der Waals surface area contributed by atoms with Gasteiger partial charge in [0.2, 0.25) is 0 Å². The van der Waals surface area contributed by atoms with E-state index in [9.17, 15) is 0 Å². The van der Waals surface area contributed by atoms with E-state index in [1.807, 2.05) is 6.92 Å². The Bertz CT molecular complexity index is 81.0. The molecular formula is C7H14O2. The molecule has 1 fully saturated rings. The first-order valence-corrected chi connectivity index (χ1v) is 3.56. The lowest BCUT2D eigenvalue weighted by atomic mass is 10.1. The monoisotopic (exact) mass is 130 g/mol. The second kappa shape index (κ2) is 3.18. The average Bonchev–Trinajstić information content (AvgIpc) is 2.17. The largest absolute Gasteiger partial charge is 0.353 e. The topological polar surface area (TPSA) is 18.5 Å². The lowest BCUT2D eigenvalue weighted by Gasteiger charge is -2.07. The van der Waals surface area contributed by atoms with Crippen LogP contribution in [0.15, 0.2) is 0 Å². The fraction of sp³-hybridized carbons (Fsp3) is 1.00. The van der Waals surface area contributed by atoms with E-state index in [0.717, 1.165) is 19.6 Å². The van der Waals surface area contributed by atoms with E-state index in [1.54, 1.807) is 0 Å². The van der Waals surface area contributed by atoms with Crippen LogP contribution in [-0.4, -0.2) is 19.5 Å². The maximum atomic E-state index is 5.28. The van der Waals surface area contributed by atoms with Gasteiger partial charge in [-0.25, -0.2) is 0 Å². The molecule has 1 heterocycles. The summed E-state index contributed by atoms with van der Waals surface area (Å²) >= 11 is 0. The molecule has 0 bridgehead atoms. The van der Waals surface area contributed by atoms with Crippen molar-refractivity contribution in [2.45, 2.75) is 26.6 Å². The van der Waals surface area contributed by atoms with Crippen molar-refractivity contribution in [2.75, 3.05) is 13.2 Å². The molecule has 2 atom stereocenters. The van der Waals surface area contributed by atoms with Crippen LogP contribution in [-0.2, 0) is 9.47 Å². The summed E-state index contributed by atoms with van der Waals surface area (Å²) < 4.78 is 10.5. The molecular weight excluding hydrogens is 116 g/mol. The first kappa shape index (κ1) is 7.03. The van der Waals surface area contributed by atoms with Crippen molar-refractivity contribution < 1.29 is 9.47 Å². The highest BCUT2D eigenvalue weighted by atomic mass is 16.7. The maximum Gasteiger partial charge on any atom is 0.157 e. The maximum absolute atomic E-state index is 5.28. The molecule has 0 radical (unpaired) electrons. The fourth-order valence-corrected chi connectivity index (χ4v) is 1.04. The lowest BCUT2D eigenvalue weighted by molar-refractivity contribution is -0.106. The Labute approximate surface area is 56.2 Å². The van der Waals surface area contributed by atoms with Crippen LogP contribution in [0.2, 0.25) is 0 Å². The molecule has 1 aliphatic heterocycles. The van der Waals surface area contributed by atoms with Gasteiger partial charge in [-0.05, 0) is 12.8 Å². The van der Waals surface area contributed by atoms with Crippen molar-refractivity contribution in [3.8, 4) is 0 Å². The minimum Gasteiger partial charge on any atom is -0.353 e. The van der Waals surface area contributed by atoms with E-state index in [4.69, 9.17) is 9.47 Å². The Hall–Kier alpha value is -0.0800. The molecule has 0 N–H and O–H groups in total. The first-order chi connectivity index (χ1) is 4.33. The second-order valence-corrected chi connectivity index (χ2v) is 2.56. The van der Waals surface area contributed by atoms with Gasteiger partial charge in [0.1, 0.15) is 0 Å². The van der Waals surface area contributed by atoms with Gasteiger partial charge in [0, 0.05) is 13.0 Å². The number of hydrogen-bond donors (Lipinski definition) is 0. The van der Waals surface area contributed by atoms with E-state index in [2.05, 4.69) is 6.92 Å². The fourth-order valence-electron chi connectivity index (χ4n) is 1.04. The minimum atomic E-state index is 0.0880.